The van der Waals surface area contributed by atoms with Crippen LogP contribution < -0.4 is 5.32 Å². The lowest BCUT2D eigenvalue weighted by Crippen LogP contribution is -2.54. The highest BCUT2D eigenvalue weighted by Gasteiger charge is 2.41. The molecule has 2 rings (SSSR count). The van der Waals surface area contributed by atoms with Crippen molar-refractivity contribution in [1.82, 2.24) is 10.2 Å². The zero-order valence-corrected chi connectivity index (χ0v) is 12.7. The summed E-state index contributed by atoms with van der Waals surface area (Å²) in [5.74, 6) is 0. The lowest BCUT2D eigenvalue weighted by atomic mass is 9.79. The van der Waals surface area contributed by atoms with Crippen molar-refractivity contribution in [2.75, 3.05) is 20.1 Å². The Bertz CT molecular complexity index is 364. The summed E-state index contributed by atoms with van der Waals surface area (Å²) in [6, 6.07) is 11.3. The predicted octanol–water partition coefficient (Wildman–Crippen LogP) is 3.60. The number of nitrogens with zero attached hydrogens (tertiary/aromatic N) is 1. The second-order valence-electron chi connectivity index (χ2n) is 5.64. The summed E-state index contributed by atoms with van der Waals surface area (Å²) < 4.78 is 0. The fourth-order valence-corrected chi connectivity index (χ4v) is 3.84. The van der Waals surface area contributed by atoms with E-state index in [0.29, 0.717) is 6.04 Å². The van der Waals surface area contributed by atoms with Crippen LogP contribution >= 0.6 is 0 Å². The second kappa shape index (κ2) is 6.53. The maximum Gasteiger partial charge on any atom is 0.0504 e. The molecule has 1 atom stereocenters. The molecule has 1 saturated heterocycles. The van der Waals surface area contributed by atoms with Crippen molar-refractivity contribution >= 4 is 0 Å². The molecule has 0 radical (unpaired) electrons. The Kier molecular flexibility index (Phi) is 5.00. The maximum atomic E-state index is 3.60. The monoisotopic (exact) mass is 260 g/mol. The van der Waals surface area contributed by atoms with Crippen molar-refractivity contribution < 1.29 is 0 Å². The van der Waals surface area contributed by atoms with E-state index >= 15 is 0 Å². The van der Waals surface area contributed by atoms with Crippen molar-refractivity contribution in [2.45, 2.75) is 51.1 Å². The standard InChI is InChI=1S/C17H28N2/c1-4-17(5-2,19-13-9-10-14-19)16(18-3)15-11-7-6-8-12-15/h6-8,11-12,16,18H,4-5,9-10,13-14H2,1-3H3. The van der Waals surface area contributed by atoms with Gasteiger partial charge in [0.2, 0.25) is 0 Å². The smallest absolute Gasteiger partial charge is 0.0504 e. The minimum absolute atomic E-state index is 0.257. The molecular formula is C17H28N2. The Morgan fingerprint density at radius 3 is 2.16 bits per heavy atom. The number of likely N-dealkylation sites (N-methyl/N-ethyl adjacent to an activating group) is 1. The normalized spacial score (nSPS) is 18.7. The molecule has 1 fully saturated rings. The summed E-state index contributed by atoms with van der Waals surface area (Å²) >= 11 is 0. The molecule has 0 bridgehead atoms. The number of hydrogen-bond acceptors (Lipinski definition) is 2. The molecule has 0 spiro atoms. The molecule has 19 heavy (non-hydrogen) atoms. The maximum absolute atomic E-state index is 3.60. The van der Waals surface area contributed by atoms with Crippen molar-refractivity contribution in [3.8, 4) is 0 Å². The highest BCUT2D eigenvalue weighted by atomic mass is 15.2. The first-order chi connectivity index (χ1) is 9.28. The average Bonchev–Trinajstić information content (AvgIpc) is 3.00. The third kappa shape index (κ3) is 2.70. The molecule has 1 aromatic rings. The van der Waals surface area contributed by atoms with Crippen LogP contribution in [0.15, 0.2) is 30.3 Å². The molecule has 0 amide bonds. The first kappa shape index (κ1) is 14.5. The van der Waals surface area contributed by atoms with Gasteiger partial charge in [-0.15, -0.1) is 0 Å². The van der Waals surface area contributed by atoms with Gasteiger partial charge in [0.25, 0.3) is 0 Å². The molecule has 106 valence electrons. The van der Waals surface area contributed by atoms with Crippen LogP contribution in [0.5, 0.6) is 0 Å². The van der Waals surface area contributed by atoms with Gasteiger partial charge in [0.15, 0.2) is 0 Å². The third-order valence-corrected chi connectivity index (χ3v) is 4.92. The third-order valence-electron chi connectivity index (χ3n) is 4.92. The number of benzene rings is 1. The Labute approximate surface area is 118 Å². The van der Waals surface area contributed by atoms with Crippen LogP contribution in [0.3, 0.4) is 0 Å². The number of nitrogens with one attached hydrogen (secondary N) is 1. The predicted molar refractivity (Wildman–Crippen MR) is 82.4 cm³/mol. The molecule has 0 aromatic heterocycles. The largest absolute Gasteiger partial charge is 0.311 e. The summed E-state index contributed by atoms with van der Waals surface area (Å²) in [7, 11) is 2.10. The van der Waals surface area contributed by atoms with Crippen molar-refractivity contribution in [1.29, 1.82) is 0 Å². The minimum atomic E-state index is 0.257. The molecule has 2 nitrogen and oxygen atoms in total. The Morgan fingerprint density at radius 1 is 1.11 bits per heavy atom. The van der Waals surface area contributed by atoms with E-state index in [9.17, 15) is 0 Å². The summed E-state index contributed by atoms with van der Waals surface area (Å²) in [6.07, 6.45) is 5.10. The van der Waals surface area contributed by atoms with Crippen LogP contribution in [0.1, 0.15) is 51.1 Å². The lowest BCUT2D eigenvalue weighted by molar-refractivity contribution is 0.0647. The summed E-state index contributed by atoms with van der Waals surface area (Å²) in [5, 5.41) is 3.60. The van der Waals surface area contributed by atoms with Gasteiger partial charge in [-0.05, 0) is 51.4 Å². The molecule has 1 N–H and O–H groups in total. The van der Waals surface area contributed by atoms with Crippen LogP contribution in [0.4, 0.5) is 0 Å². The lowest BCUT2D eigenvalue weighted by Gasteiger charge is -2.47. The summed E-state index contributed by atoms with van der Waals surface area (Å²) in [5.41, 5.74) is 1.67. The van der Waals surface area contributed by atoms with E-state index in [-0.39, 0.29) is 5.54 Å². The van der Waals surface area contributed by atoms with Gasteiger partial charge in [-0.3, -0.25) is 4.90 Å². The van der Waals surface area contributed by atoms with Gasteiger partial charge in [-0.2, -0.15) is 0 Å². The van der Waals surface area contributed by atoms with Crippen LogP contribution in [-0.2, 0) is 0 Å². The molecule has 0 saturated carbocycles. The van der Waals surface area contributed by atoms with Gasteiger partial charge >= 0.3 is 0 Å². The quantitative estimate of drug-likeness (QED) is 0.840. The highest BCUT2D eigenvalue weighted by molar-refractivity contribution is 5.23. The zero-order valence-electron chi connectivity index (χ0n) is 12.7. The van der Waals surface area contributed by atoms with Gasteiger partial charge in [0.1, 0.15) is 0 Å². The number of hydrogen-bond donors (Lipinski definition) is 1. The van der Waals surface area contributed by atoms with Crippen LogP contribution in [-0.4, -0.2) is 30.6 Å². The first-order valence-corrected chi connectivity index (χ1v) is 7.75. The molecule has 1 aliphatic heterocycles. The van der Waals surface area contributed by atoms with Crippen LogP contribution in [0, 0.1) is 0 Å². The number of rotatable bonds is 6. The van der Waals surface area contributed by atoms with Crippen molar-refractivity contribution in [3.05, 3.63) is 35.9 Å². The van der Waals surface area contributed by atoms with Crippen molar-refractivity contribution in [3.63, 3.8) is 0 Å². The fourth-order valence-electron chi connectivity index (χ4n) is 3.84. The van der Waals surface area contributed by atoms with Gasteiger partial charge in [-0.1, -0.05) is 44.2 Å². The molecular weight excluding hydrogens is 232 g/mol. The zero-order chi connectivity index (χ0) is 13.7. The number of likely N-dealkylation sites (tertiary alicyclic amines) is 1. The summed E-state index contributed by atoms with van der Waals surface area (Å²) in [6.45, 7) is 7.20. The summed E-state index contributed by atoms with van der Waals surface area (Å²) in [4.78, 5) is 2.72. The SMILES string of the molecule is CCC(CC)(C(NC)c1ccccc1)N1CCCC1. The molecule has 2 heteroatoms. The van der Waals surface area contributed by atoms with E-state index in [1.165, 1.54) is 44.3 Å². The van der Waals surface area contributed by atoms with Gasteiger partial charge < -0.3 is 5.32 Å². The molecule has 1 unspecified atom stereocenters. The van der Waals surface area contributed by atoms with E-state index in [1.54, 1.807) is 0 Å². The van der Waals surface area contributed by atoms with E-state index in [4.69, 9.17) is 0 Å². The molecule has 0 aliphatic carbocycles. The first-order valence-electron chi connectivity index (χ1n) is 7.75. The van der Waals surface area contributed by atoms with Gasteiger partial charge in [-0.25, -0.2) is 0 Å². The minimum Gasteiger partial charge on any atom is -0.311 e. The molecule has 1 heterocycles. The highest BCUT2D eigenvalue weighted by Crippen LogP contribution is 2.39. The average molecular weight is 260 g/mol. The molecule has 1 aliphatic rings. The second-order valence-corrected chi connectivity index (χ2v) is 5.64. The van der Waals surface area contributed by atoms with E-state index < -0.39 is 0 Å². The van der Waals surface area contributed by atoms with Crippen LogP contribution in [0.25, 0.3) is 0 Å². The van der Waals surface area contributed by atoms with Gasteiger partial charge in [0, 0.05) is 5.54 Å². The van der Waals surface area contributed by atoms with E-state index in [0.717, 1.165) is 0 Å². The van der Waals surface area contributed by atoms with Crippen LogP contribution in [0.2, 0.25) is 0 Å². The van der Waals surface area contributed by atoms with Gasteiger partial charge in [0.05, 0.1) is 6.04 Å². The van der Waals surface area contributed by atoms with E-state index in [1.807, 2.05) is 0 Å². The topological polar surface area (TPSA) is 15.3 Å². The Hall–Kier alpha value is -0.860. The Morgan fingerprint density at radius 2 is 1.68 bits per heavy atom. The van der Waals surface area contributed by atoms with E-state index in [2.05, 4.69) is 61.4 Å². The van der Waals surface area contributed by atoms with Crippen molar-refractivity contribution in [2.24, 2.45) is 0 Å². The molecule has 1 aromatic carbocycles. The Balaban J connectivity index is 2.35. The fraction of sp³-hybridized carbons (Fsp3) is 0.647.